The Balaban J connectivity index is 1.85. The second-order valence-electron chi connectivity index (χ2n) is 4.96. The molecule has 0 radical (unpaired) electrons. The van der Waals surface area contributed by atoms with Gasteiger partial charge in [0.15, 0.2) is 12.3 Å². The summed E-state index contributed by atoms with van der Waals surface area (Å²) in [6.07, 6.45) is 2.77. The van der Waals surface area contributed by atoms with Crippen molar-refractivity contribution >= 4 is 23.5 Å². The summed E-state index contributed by atoms with van der Waals surface area (Å²) in [4.78, 5) is 31.4. The normalized spacial score (nSPS) is 11.6. The topological polar surface area (TPSA) is 81.2 Å². The van der Waals surface area contributed by atoms with Crippen LogP contribution in [0.25, 0.3) is 0 Å². The molecular formula is C16H16ClN3O3. The van der Waals surface area contributed by atoms with Crippen molar-refractivity contribution < 1.29 is 14.3 Å². The number of nitrogens with one attached hydrogen (secondary N) is 1. The summed E-state index contributed by atoms with van der Waals surface area (Å²) >= 11 is 5.91. The number of hydrogen-bond acceptors (Lipinski definition) is 5. The minimum Gasteiger partial charge on any atom is -0.451 e. The molecule has 6 nitrogen and oxygen atoms in total. The Morgan fingerprint density at radius 2 is 2.09 bits per heavy atom. The Labute approximate surface area is 138 Å². The van der Waals surface area contributed by atoms with Gasteiger partial charge in [0, 0.05) is 11.2 Å². The zero-order valence-electron chi connectivity index (χ0n) is 12.7. The van der Waals surface area contributed by atoms with Gasteiger partial charge in [0.2, 0.25) is 0 Å². The first-order valence-electron chi connectivity index (χ1n) is 6.96. The highest BCUT2D eigenvalue weighted by Crippen LogP contribution is 2.17. The Morgan fingerprint density at radius 1 is 1.30 bits per heavy atom. The number of benzene rings is 1. The van der Waals surface area contributed by atoms with E-state index in [0.717, 1.165) is 5.56 Å². The lowest BCUT2D eigenvalue weighted by Gasteiger charge is -2.14. The zero-order valence-corrected chi connectivity index (χ0v) is 13.5. The number of carbonyl (C=O) groups excluding carboxylic acids is 2. The maximum atomic E-state index is 11.8. The average molecular weight is 334 g/mol. The van der Waals surface area contributed by atoms with Gasteiger partial charge in [-0.05, 0) is 31.5 Å². The second kappa shape index (κ2) is 7.69. The molecule has 120 valence electrons. The molecule has 0 aliphatic carbocycles. The van der Waals surface area contributed by atoms with E-state index in [-0.39, 0.29) is 18.3 Å². The van der Waals surface area contributed by atoms with E-state index in [1.807, 2.05) is 13.0 Å². The zero-order chi connectivity index (χ0) is 16.8. The molecule has 7 heteroatoms. The van der Waals surface area contributed by atoms with Gasteiger partial charge in [0.1, 0.15) is 0 Å². The van der Waals surface area contributed by atoms with E-state index in [1.165, 1.54) is 12.4 Å². The van der Waals surface area contributed by atoms with E-state index in [9.17, 15) is 9.59 Å². The Hall–Kier alpha value is -2.47. The number of carbonyl (C=O) groups is 2. The van der Waals surface area contributed by atoms with Crippen molar-refractivity contribution in [3.05, 3.63) is 58.6 Å². The molecule has 1 unspecified atom stereocenters. The number of amides is 1. The van der Waals surface area contributed by atoms with Crippen molar-refractivity contribution in [3.8, 4) is 0 Å². The fraction of sp³-hybridized carbons (Fsp3) is 0.250. The first-order valence-corrected chi connectivity index (χ1v) is 7.34. The molecule has 1 aromatic heterocycles. The van der Waals surface area contributed by atoms with Crippen LogP contribution in [0.1, 0.15) is 34.7 Å². The van der Waals surface area contributed by atoms with Crippen LogP contribution in [-0.2, 0) is 9.53 Å². The molecule has 23 heavy (non-hydrogen) atoms. The molecule has 1 amide bonds. The van der Waals surface area contributed by atoms with Crippen LogP contribution >= 0.6 is 11.6 Å². The molecule has 0 aliphatic heterocycles. The molecule has 1 heterocycles. The predicted octanol–water partition coefficient (Wildman–Crippen LogP) is 2.47. The van der Waals surface area contributed by atoms with Gasteiger partial charge < -0.3 is 10.1 Å². The van der Waals surface area contributed by atoms with Gasteiger partial charge in [0.25, 0.3) is 5.91 Å². The third-order valence-electron chi connectivity index (χ3n) is 3.05. The lowest BCUT2D eigenvalue weighted by Crippen LogP contribution is -2.31. The monoisotopic (exact) mass is 333 g/mol. The predicted molar refractivity (Wildman–Crippen MR) is 85.1 cm³/mol. The Morgan fingerprint density at radius 3 is 2.74 bits per heavy atom. The maximum Gasteiger partial charge on any atom is 0.359 e. The fourth-order valence-corrected chi connectivity index (χ4v) is 2.04. The van der Waals surface area contributed by atoms with Crippen LogP contribution in [0.15, 0.2) is 36.7 Å². The lowest BCUT2D eigenvalue weighted by atomic mass is 10.1. The number of halogens is 1. The van der Waals surface area contributed by atoms with Crippen molar-refractivity contribution in [2.45, 2.75) is 19.9 Å². The van der Waals surface area contributed by atoms with Crippen molar-refractivity contribution in [3.63, 3.8) is 0 Å². The van der Waals surface area contributed by atoms with E-state index in [1.54, 1.807) is 25.1 Å². The smallest absolute Gasteiger partial charge is 0.359 e. The quantitative estimate of drug-likeness (QED) is 0.850. The van der Waals surface area contributed by atoms with Gasteiger partial charge in [-0.15, -0.1) is 0 Å². The first kappa shape index (κ1) is 16.9. The summed E-state index contributed by atoms with van der Waals surface area (Å²) in [5, 5.41) is 3.32. The number of aryl methyl sites for hydroxylation is 1. The molecular weight excluding hydrogens is 318 g/mol. The Kier molecular flexibility index (Phi) is 5.65. The lowest BCUT2D eigenvalue weighted by molar-refractivity contribution is -0.124. The van der Waals surface area contributed by atoms with Crippen molar-refractivity contribution in [2.24, 2.45) is 0 Å². The number of rotatable bonds is 5. The number of nitrogens with zero attached hydrogens (tertiary/aromatic N) is 2. The highest BCUT2D eigenvalue weighted by Gasteiger charge is 2.14. The molecule has 0 bridgehead atoms. The molecule has 2 rings (SSSR count). The first-order chi connectivity index (χ1) is 11.0. The summed E-state index contributed by atoms with van der Waals surface area (Å²) in [5.41, 5.74) is 1.61. The molecule has 0 saturated heterocycles. The maximum absolute atomic E-state index is 11.8. The van der Waals surface area contributed by atoms with E-state index in [2.05, 4.69) is 15.3 Å². The minimum absolute atomic E-state index is 0.0614. The van der Waals surface area contributed by atoms with E-state index >= 15 is 0 Å². The summed E-state index contributed by atoms with van der Waals surface area (Å²) in [6.45, 7) is 3.18. The summed E-state index contributed by atoms with van der Waals surface area (Å²) in [6, 6.07) is 6.92. The summed E-state index contributed by atoms with van der Waals surface area (Å²) in [7, 11) is 0. The summed E-state index contributed by atoms with van der Waals surface area (Å²) in [5.74, 6) is -1.10. The molecule has 0 spiro atoms. The molecule has 2 aromatic rings. The summed E-state index contributed by atoms with van der Waals surface area (Å²) < 4.78 is 4.91. The standard InChI is InChI=1S/C16H16ClN3O3/c1-10-7-19-14(8-18-10)16(22)23-9-15(21)20-11(2)12-4-3-5-13(17)6-12/h3-8,11H,9H2,1-2H3,(H,20,21). The number of hydrogen-bond donors (Lipinski definition) is 1. The fourth-order valence-electron chi connectivity index (χ4n) is 1.85. The molecule has 1 aromatic carbocycles. The Bertz CT molecular complexity index is 704. The van der Waals surface area contributed by atoms with Crippen LogP contribution in [0.4, 0.5) is 0 Å². The minimum atomic E-state index is -0.692. The number of esters is 1. The van der Waals surface area contributed by atoms with Crippen LogP contribution in [0.5, 0.6) is 0 Å². The molecule has 0 saturated carbocycles. The third kappa shape index (κ3) is 5.03. The van der Waals surface area contributed by atoms with Crippen LogP contribution in [0.3, 0.4) is 0 Å². The van der Waals surface area contributed by atoms with Crippen molar-refractivity contribution in [1.29, 1.82) is 0 Å². The van der Waals surface area contributed by atoms with Crippen LogP contribution in [0, 0.1) is 6.92 Å². The van der Waals surface area contributed by atoms with Gasteiger partial charge in [-0.1, -0.05) is 23.7 Å². The van der Waals surface area contributed by atoms with Crippen molar-refractivity contribution in [1.82, 2.24) is 15.3 Å². The van der Waals surface area contributed by atoms with E-state index in [0.29, 0.717) is 10.7 Å². The van der Waals surface area contributed by atoms with Crippen LogP contribution in [0.2, 0.25) is 5.02 Å². The molecule has 1 atom stereocenters. The average Bonchev–Trinajstić information content (AvgIpc) is 2.53. The van der Waals surface area contributed by atoms with Crippen LogP contribution < -0.4 is 5.32 Å². The number of aromatic nitrogens is 2. The van der Waals surface area contributed by atoms with E-state index in [4.69, 9.17) is 16.3 Å². The van der Waals surface area contributed by atoms with Gasteiger partial charge >= 0.3 is 5.97 Å². The van der Waals surface area contributed by atoms with E-state index < -0.39 is 11.9 Å². The highest BCUT2D eigenvalue weighted by atomic mass is 35.5. The van der Waals surface area contributed by atoms with Gasteiger partial charge in [-0.25, -0.2) is 9.78 Å². The third-order valence-corrected chi connectivity index (χ3v) is 3.29. The van der Waals surface area contributed by atoms with Gasteiger partial charge in [-0.3, -0.25) is 9.78 Å². The SMILES string of the molecule is Cc1cnc(C(=O)OCC(=O)NC(C)c2cccc(Cl)c2)cn1. The molecule has 0 fully saturated rings. The number of ether oxygens (including phenoxy) is 1. The highest BCUT2D eigenvalue weighted by molar-refractivity contribution is 6.30. The largest absolute Gasteiger partial charge is 0.451 e. The molecule has 1 N–H and O–H groups in total. The van der Waals surface area contributed by atoms with Crippen molar-refractivity contribution in [2.75, 3.05) is 6.61 Å². The van der Waals surface area contributed by atoms with Gasteiger partial charge in [-0.2, -0.15) is 0 Å². The van der Waals surface area contributed by atoms with Crippen LogP contribution in [-0.4, -0.2) is 28.5 Å². The van der Waals surface area contributed by atoms with Gasteiger partial charge in [0.05, 0.1) is 17.9 Å². The molecule has 0 aliphatic rings. The second-order valence-corrected chi connectivity index (χ2v) is 5.40.